The molecule has 88 valence electrons. The van der Waals surface area contributed by atoms with Crippen molar-refractivity contribution in [1.29, 1.82) is 0 Å². The fourth-order valence-electron chi connectivity index (χ4n) is 2.42. The van der Waals surface area contributed by atoms with E-state index >= 15 is 0 Å². The standard InChI is InChI=1S/C13H21N3/c1-10-6-7-11(9-10)15-12-5-4-8-14-13(12)16(2)3/h4-5,8,10-11,15H,6-7,9H2,1-3H3. The van der Waals surface area contributed by atoms with Crippen LogP contribution >= 0.6 is 0 Å². The van der Waals surface area contributed by atoms with Gasteiger partial charge in [-0.1, -0.05) is 6.92 Å². The van der Waals surface area contributed by atoms with Crippen LogP contribution in [0.15, 0.2) is 18.3 Å². The quantitative estimate of drug-likeness (QED) is 0.847. The van der Waals surface area contributed by atoms with Crippen LogP contribution in [0.4, 0.5) is 11.5 Å². The number of hydrogen-bond acceptors (Lipinski definition) is 3. The predicted molar refractivity (Wildman–Crippen MR) is 69.0 cm³/mol. The summed E-state index contributed by atoms with van der Waals surface area (Å²) in [7, 11) is 4.07. The molecule has 1 heterocycles. The summed E-state index contributed by atoms with van der Waals surface area (Å²) in [6.45, 7) is 2.33. The van der Waals surface area contributed by atoms with E-state index in [1.807, 2.05) is 26.4 Å². The average molecular weight is 219 g/mol. The van der Waals surface area contributed by atoms with Crippen LogP contribution in [0.3, 0.4) is 0 Å². The van der Waals surface area contributed by atoms with E-state index < -0.39 is 0 Å². The molecular weight excluding hydrogens is 198 g/mol. The van der Waals surface area contributed by atoms with Gasteiger partial charge in [0.1, 0.15) is 0 Å². The van der Waals surface area contributed by atoms with Crippen molar-refractivity contribution < 1.29 is 0 Å². The Morgan fingerprint density at radius 1 is 1.38 bits per heavy atom. The molecule has 1 aromatic heterocycles. The molecule has 0 bridgehead atoms. The first-order valence-electron chi connectivity index (χ1n) is 6.05. The number of hydrogen-bond donors (Lipinski definition) is 1. The van der Waals surface area contributed by atoms with Gasteiger partial charge in [-0.25, -0.2) is 4.98 Å². The minimum atomic E-state index is 0.623. The van der Waals surface area contributed by atoms with E-state index in [2.05, 4.69) is 28.2 Å². The van der Waals surface area contributed by atoms with Gasteiger partial charge in [-0.05, 0) is 37.3 Å². The summed E-state index contributed by atoms with van der Waals surface area (Å²) in [5, 5.41) is 3.62. The third-order valence-corrected chi connectivity index (χ3v) is 3.26. The van der Waals surface area contributed by atoms with E-state index in [0.717, 1.165) is 17.4 Å². The molecule has 0 spiro atoms. The van der Waals surface area contributed by atoms with Gasteiger partial charge in [-0.3, -0.25) is 0 Å². The van der Waals surface area contributed by atoms with Crippen LogP contribution in [0.25, 0.3) is 0 Å². The van der Waals surface area contributed by atoms with Crippen molar-refractivity contribution in [2.75, 3.05) is 24.3 Å². The summed E-state index contributed by atoms with van der Waals surface area (Å²) < 4.78 is 0. The van der Waals surface area contributed by atoms with Crippen LogP contribution in [-0.4, -0.2) is 25.1 Å². The first-order chi connectivity index (χ1) is 7.66. The Hall–Kier alpha value is -1.25. The number of nitrogens with zero attached hydrogens (tertiary/aromatic N) is 2. The molecule has 1 fully saturated rings. The number of pyridine rings is 1. The van der Waals surface area contributed by atoms with Gasteiger partial charge in [0.15, 0.2) is 5.82 Å². The van der Waals surface area contributed by atoms with Gasteiger partial charge in [0, 0.05) is 26.3 Å². The van der Waals surface area contributed by atoms with Gasteiger partial charge >= 0.3 is 0 Å². The summed E-state index contributed by atoms with van der Waals surface area (Å²) in [6, 6.07) is 4.73. The van der Waals surface area contributed by atoms with Crippen LogP contribution < -0.4 is 10.2 Å². The highest BCUT2D eigenvalue weighted by Gasteiger charge is 2.21. The molecule has 3 heteroatoms. The van der Waals surface area contributed by atoms with Crippen molar-refractivity contribution in [2.45, 2.75) is 32.2 Å². The Bertz CT molecular complexity index is 349. The fraction of sp³-hybridized carbons (Fsp3) is 0.615. The van der Waals surface area contributed by atoms with Crippen molar-refractivity contribution in [1.82, 2.24) is 4.98 Å². The molecule has 1 aliphatic carbocycles. The number of rotatable bonds is 3. The van der Waals surface area contributed by atoms with Crippen molar-refractivity contribution in [3.05, 3.63) is 18.3 Å². The van der Waals surface area contributed by atoms with Crippen LogP contribution in [-0.2, 0) is 0 Å². The highest BCUT2D eigenvalue weighted by Crippen LogP contribution is 2.29. The van der Waals surface area contributed by atoms with Crippen molar-refractivity contribution in [3.63, 3.8) is 0 Å². The van der Waals surface area contributed by atoms with Gasteiger partial charge in [-0.15, -0.1) is 0 Å². The fourth-order valence-corrected chi connectivity index (χ4v) is 2.42. The molecule has 1 aliphatic rings. The Morgan fingerprint density at radius 3 is 2.81 bits per heavy atom. The lowest BCUT2D eigenvalue weighted by molar-refractivity contribution is 0.602. The maximum atomic E-state index is 4.40. The maximum absolute atomic E-state index is 4.40. The third kappa shape index (κ3) is 2.46. The second-order valence-corrected chi connectivity index (χ2v) is 5.03. The monoisotopic (exact) mass is 219 g/mol. The molecule has 0 saturated heterocycles. The van der Waals surface area contributed by atoms with Gasteiger partial charge in [-0.2, -0.15) is 0 Å². The minimum absolute atomic E-state index is 0.623. The molecule has 2 unspecified atom stereocenters. The van der Waals surface area contributed by atoms with Crippen LogP contribution in [0.1, 0.15) is 26.2 Å². The number of anilines is 2. The summed E-state index contributed by atoms with van der Waals surface area (Å²) in [6.07, 6.45) is 5.75. The molecule has 0 radical (unpaired) electrons. The molecule has 1 N–H and O–H groups in total. The first kappa shape index (κ1) is 11.2. The summed E-state index contributed by atoms with van der Waals surface area (Å²) in [5.41, 5.74) is 1.16. The third-order valence-electron chi connectivity index (χ3n) is 3.26. The zero-order valence-corrected chi connectivity index (χ0v) is 10.4. The summed E-state index contributed by atoms with van der Waals surface area (Å²) in [5.74, 6) is 1.89. The first-order valence-corrected chi connectivity index (χ1v) is 6.05. The van der Waals surface area contributed by atoms with Crippen LogP contribution in [0, 0.1) is 5.92 Å². The SMILES string of the molecule is CC1CCC(Nc2cccnc2N(C)C)C1. The highest BCUT2D eigenvalue weighted by molar-refractivity contribution is 5.65. The van der Waals surface area contributed by atoms with E-state index in [4.69, 9.17) is 0 Å². The summed E-state index contributed by atoms with van der Waals surface area (Å²) >= 11 is 0. The van der Waals surface area contributed by atoms with Gasteiger partial charge in [0.2, 0.25) is 0 Å². The van der Waals surface area contributed by atoms with Gasteiger partial charge in [0.05, 0.1) is 5.69 Å². The lowest BCUT2D eigenvalue weighted by Crippen LogP contribution is -2.19. The molecule has 0 aliphatic heterocycles. The van der Waals surface area contributed by atoms with E-state index in [1.165, 1.54) is 19.3 Å². The lowest BCUT2D eigenvalue weighted by Gasteiger charge is -2.20. The number of nitrogens with one attached hydrogen (secondary N) is 1. The molecule has 0 amide bonds. The normalized spacial score (nSPS) is 24.4. The number of aromatic nitrogens is 1. The molecule has 3 nitrogen and oxygen atoms in total. The zero-order valence-electron chi connectivity index (χ0n) is 10.4. The Kier molecular flexibility index (Phi) is 3.32. The average Bonchev–Trinajstić information content (AvgIpc) is 2.64. The molecular formula is C13H21N3. The predicted octanol–water partition coefficient (Wildman–Crippen LogP) is 2.75. The topological polar surface area (TPSA) is 28.2 Å². The molecule has 2 rings (SSSR count). The molecule has 1 saturated carbocycles. The Balaban J connectivity index is 2.09. The Labute approximate surface area is 97.9 Å². The summed E-state index contributed by atoms with van der Waals surface area (Å²) in [4.78, 5) is 6.46. The van der Waals surface area contributed by atoms with Crippen LogP contribution in [0.5, 0.6) is 0 Å². The largest absolute Gasteiger partial charge is 0.379 e. The van der Waals surface area contributed by atoms with Crippen molar-refractivity contribution >= 4 is 11.5 Å². The van der Waals surface area contributed by atoms with Gasteiger partial charge in [0.25, 0.3) is 0 Å². The van der Waals surface area contributed by atoms with Crippen LogP contribution in [0.2, 0.25) is 0 Å². The van der Waals surface area contributed by atoms with E-state index in [9.17, 15) is 0 Å². The van der Waals surface area contributed by atoms with Gasteiger partial charge < -0.3 is 10.2 Å². The smallest absolute Gasteiger partial charge is 0.151 e. The van der Waals surface area contributed by atoms with E-state index in [-0.39, 0.29) is 0 Å². The molecule has 1 aromatic rings. The van der Waals surface area contributed by atoms with E-state index in [0.29, 0.717) is 6.04 Å². The van der Waals surface area contributed by atoms with Crippen molar-refractivity contribution in [3.8, 4) is 0 Å². The maximum Gasteiger partial charge on any atom is 0.151 e. The minimum Gasteiger partial charge on any atom is -0.379 e. The van der Waals surface area contributed by atoms with E-state index in [1.54, 1.807) is 0 Å². The molecule has 16 heavy (non-hydrogen) atoms. The molecule has 2 atom stereocenters. The van der Waals surface area contributed by atoms with Crippen molar-refractivity contribution in [2.24, 2.45) is 5.92 Å². The zero-order chi connectivity index (χ0) is 11.5. The second-order valence-electron chi connectivity index (χ2n) is 5.03. The lowest BCUT2D eigenvalue weighted by atomic mass is 10.1. The Morgan fingerprint density at radius 2 is 2.19 bits per heavy atom. The highest BCUT2D eigenvalue weighted by atomic mass is 15.2. The molecule has 0 aromatic carbocycles. The second kappa shape index (κ2) is 4.73.